The second-order valence-electron chi connectivity index (χ2n) is 5.90. The summed E-state index contributed by atoms with van der Waals surface area (Å²) in [5.74, 6) is -0.530. The lowest BCUT2D eigenvalue weighted by molar-refractivity contribution is -0.148. The van der Waals surface area contributed by atoms with Gasteiger partial charge in [-0.05, 0) is 25.8 Å². The molecule has 1 saturated heterocycles. The summed E-state index contributed by atoms with van der Waals surface area (Å²) in [5.41, 5.74) is 0.384. The average Bonchev–Trinajstić information content (AvgIpc) is 3.35. The smallest absolute Gasteiger partial charge is 0.347 e. The Bertz CT molecular complexity index is 599. The molecule has 1 amide bonds. The summed E-state index contributed by atoms with van der Waals surface area (Å²) >= 11 is 0. The standard InChI is InChI=1S/C17H26N4O6/c1-2-26-15(22)12-27-21-16(14-4-7-19-20-14)17(23)18-6-3-8-24-10-13-5-9-25-11-13/h4,7,13H,2-3,5-6,8-12H2,1H3,(H,18,23)(H,19,20). The van der Waals surface area contributed by atoms with Gasteiger partial charge in [0.1, 0.15) is 0 Å². The molecule has 0 aliphatic carbocycles. The number of aromatic nitrogens is 2. The highest BCUT2D eigenvalue weighted by Crippen LogP contribution is 2.12. The summed E-state index contributed by atoms with van der Waals surface area (Å²) in [7, 11) is 0. The number of ether oxygens (including phenoxy) is 3. The molecule has 0 bridgehead atoms. The number of oxime groups is 1. The van der Waals surface area contributed by atoms with Crippen molar-refractivity contribution in [1.82, 2.24) is 15.5 Å². The highest BCUT2D eigenvalue weighted by Gasteiger charge is 2.17. The molecule has 0 radical (unpaired) electrons. The number of hydrogen-bond acceptors (Lipinski definition) is 8. The molecule has 1 unspecified atom stereocenters. The predicted molar refractivity (Wildman–Crippen MR) is 95.1 cm³/mol. The van der Waals surface area contributed by atoms with Gasteiger partial charge in [0.05, 0.1) is 25.5 Å². The van der Waals surface area contributed by atoms with Crippen molar-refractivity contribution in [3.8, 4) is 0 Å². The number of esters is 1. The zero-order valence-electron chi connectivity index (χ0n) is 15.4. The number of aromatic amines is 1. The molecule has 1 aromatic rings. The molecule has 1 atom stereocenters. The number of nitrogens with one attached hydrogen (secondary N) is 2. The fraction of sp³-hybridized carbons (Fsp3) is 0.647. The maximum atomic E-state index is 12.3. The van der Waals surface area contributed by atoms with Crippen molar-refractivity contribution < 1.29 is 28.6 Å². The third-order valence-electron chi connectivity index (χ3n) is 3.74. The van der Waals surface area contributed by atoms with Crippen LogP contribution in [0.3, 0.4) is 0 Å². The van der Waals surface area contributed by atoms with Crippen molar-refractivity contribution in [1.29, 1.82) is 0 Å². The molecular formula is C17H26N4O6. The van der Waals surface area contributed by atoms with E-state index in [1.54, 1.807) is 13.0 Å². The fourth-order valence-corrected chi connectivity index (χ4v) is 2.38. The van der Waals surface area contributed by atoms with Crippen LogP contribution in [-0.4, -0.2) is 74.0 Å². The van der Waals surface area contributed by atoms with Crippen molar-refractivity contribution in [3.05, 3.63) is 18.0 Å². The van der Waals surface area contributed by atoms with E-state index in [0.29, 0.717) is 37.8 Å². The molecule has 1 aliphatic heterocycles. The zero-order chi connectivity index (χ0) is 19.3. The average molecular weight is 382 g/mol. The lowest BCUT2D eigenvalue weighted by Crippen LogP contribution is -2.33. The Morgan fingerprint density at radius 3 is 3.07 bits per heavy atom. The number of amides is 1. The third kappa shape index (κ3) is 7.75. The van der Waals surface area contributed by atoms with Gasteiger partial charge in [-0.1, -0.05) is 5.16 Å². The summed E-state index contributed by atoms with van der Waals surface area (Å²) in [6.45, 7) is 4.77. The van der Waals surface area contributed by atoms with Crippen molar-refractivity contribution in [2.45, 2.75) is 19.8 Å². The van der Waals surface area contributed by atoms with Crippen LogP contribution in [0.4, 0.5) is 0 Å². The topological polar surface area (TPSA) is 124 Å². The van der Waals surface area contributed by atoms with Crippen LogP contribution in [0.2, 0.25) is 0 Å². The second-order valence-corrected chi connectivity index (χ2v) is 5.90. The molecule has 2 heterocycles. The predicted octanol–water partition coefficient (Wildman–Crippen LogP) is 0.253. The van der Waals surface area contributed by atoms with Gasteiger partial charge in [-0.2, -0.15) is 5.10 Å². The number of carbonyl (C=O) groups is 2. The molecule has 10 heteroatoms. The summed E-state index contributed by atoms with van der Waals surface area (Å²) in [6.07, 6.45) is 3.19. The van der Waals surface area contributed by atoms with Crippen LogP contribution >= 0.6 is 0 Å². The van der Waals surface area contributed by atoms with E-state index >= 15 is 0 Å². The van der Waals surface area contributed by atoms with Gasteiger partial charge in [0.15, 0.2) is 5.71 Å². The fourth-order valence-electron chi connectivity index (χ4n) is 2.38. The van der Waals surface area contributed by atoms with Crippen LogP contribution < -0.4 is 5.32 Å². The van der Waals surface area contributed by atoms with E-state index in [0.717, 1.165) is 19.6 Å². The summed E-state index contributed by atoms with van der Waals surface area (Å²) < 4.78 is 15.6. The maximum absolute atomic E-state index is 12.3. The number of rotatable bonds is 12. The Hall–Kier alpha value is -2.46. The molecule has 0 saturated carbocycles. The van der Waals surface area contributed by atoms with Gasteiger partial charge in [-0.25, -0.2) is 4.79 Å². The number of H-pyrrole nitrogens is 1. The van der Waals surface area contributed by atoms with E-state index in [1.165, 1.54) is 6.20 Å². The van der Waals surface area contributed by atoms with Crippen LogP contribution in [0, 0.1) is 5.92 Å². The van der Waals surface area contributed by atoms with E-state index in [4.69, 9.17) is 19.0 Å². The van der Waals surface area contributed by atoms with Crippen LogP contribution in [0.1, 0.15) is 25.5 Å². The number of hydrogen-bond donors (Lipinski definition) is 2. The van der Waals surface area contributed by atoms with Gasteiger partial charge < -0.3 is 24.4 Å². The molecular weight excluding hydrogens is 356 g/mol. The molecule has 0 aromatic carbocycles. The first-order valence-electron chi connectivity index (χ1n) is 8.99. The first-order valence-corrected chi connectivity index (χ1v) is 8.99. The Morgan fingerprint density at radius 2 is 2.37 bits per heavy atom. The van der Waals surface area contributed by atoms with Gasteiger partial charge in [0.25, 0.3) is 5.91 Å². The highest BCUT2D eigenvalue weighted by molar-refractivity contribution is 6.44. The van der Waals surface area contributed by atoms with Gasteiger partial charge in [-0.15, -0.1) is 0 Å². The molecule has 10 nitrogen and oxygen atoms in total. The maximum Gasteiger partial charge on any atom is 0.347 e. The summed E-state index contributed by atoms with van der Waals surface area (Å²) in [6, 6.07) is 1.58. The lowest BCUT2D eigenvalue weighted by Gasteiger charge is -2.09. The van der Waals surface area contributed by atoms with Crippen LogP contribution in [0.15, 0.2) is 17.4 Å². The Kier molecular flexibility index (Phi) is 9.28. The largest absolute Gasteiger partial charge is 0.463 e. The second kappa shape index (κ2) is 12.0. The van der Waals surface area contributed by atoms with Crippen LogP contribution in [-0.2, 0) is 28.6 Å². The Balaban J connectivity index is 1.72. The molecule has 27 heavy (non-hydrogen) atoms. The monoisotopic (exact) mass is 382 g/mol. The molecule has 2 rings (SSSR count). The SMILES string of the molecule is CCOC(=O)CON=C(C(=O)NCCCOCC1CCOC1)c1ccn[nH]1. The quantitative estimate of drug-likeness (QED) is 0.230. The minimum absolute atomic E-state index is 0.000760. The molecule has 2 N–H and O–H groups in total. The minimum Gasteiger partial charge on any atom is -0.463 e. The number of nitrogens with zero attached hydrogens (tertiary/aromatic N) is 2. The van der Waals surface area contributed by atoms with E-state index in [-0.39, 0.29) is 18.9 Å². The molecule has 1 fully saturated rings. The van der Waals surface area contributed by atoms with Gasteiger partial charge in [0.2, 0.25) is 6.61 Å². The molecule has 1 aliphatic rings. The summed E-state index contributed by atoms with van der Waals surface area (Å²) in [5, 5.41) is 12.9. The van der Waals surface area contributed by atoms with E-state index in [2.05, 4.69) is 20.7 Å². The lowest BCUT2D eigenvalue weighted by atomic mass is 10.1. The van der Waals surface area contributed by atoms with Gasteiger partial charge in [-0.3, -0.25) is 9.89 Å². The van der Waals surface area contributed by atoms with Crippen molar-refractivity contribution >= 4 is 17.6 Å². The van der Waals surface area contributed by atoms with E-state index < -0.39 is 11.9 Å². The normalized spacial score (nSPS) is 16.9. The van der Waals surface area contributed by atoms with E-state index in [9.17, 15) is 9.59 Å². The zero-order valence-corrected chi connectivity index (χ0v) is 15.4. The van der Waals surface area contributed by atoms with Crippen LogP contribution in [0.5, 0.6) is 0 Å². The highest BCUT2D eigenvalue weighted by atomic mass is 16.7. The first-order chi connectivity index (χ1) is 13.2. The van der Waals surface area contributed by atoms with E-state index in [1.807, 2.05) is 0 Å². The molecule has 150 valence electrons. The van der Waals surface area contributed by atoms with Crippen molar-refractivity contribution in [2.24, 2.45) is 11.1 Å². The Morgan fingerprint density at radius 1 is 1.48 bits per heavy atom. The Labute approximate surface area is 157 Å². The van der Waals surface area contributed by atoms with Crippen LogP contribution in [0.25, 0.3) is 0 Å². The number of carbonyl (C=O) groups excluding carboxylic acids is 2. The minimum atomic E-state index is -0.560. The molecule has 0 spiro atoms. The third-order valence-corrected chi connectivity index (χ3v) is 3.74. The first kappa shape index (κ1) is 20.8. The van der Waals surface area contributed by atoms with Gasteiger partial charge >= 0.3 is 5.97 Å². The summed E-state index contributed by atoms with van der Waals surface area (Å²) in [4.78, 5) is 28.6. The van der Waals surface area contributed by atoms with Crippen molar-refractivity contribution in [2.75, 3.05) is 46.2 Å². The van der Waals surface area contributed by atoms with Gasteiger partial charge in [0, 0.05) is 31.9 Å². The van der Waals surface area contributed by atoms with Crippen molar-refractivity contribution in [3.63, 3.8) is 0 Å². The molecule has 1 aromatic heterocycles.